The molecule has 0 amide bonds. The molecule has 1 heterocycles. The molecule has 114 valence electrons. The molecule has 1 rings (SSSR count). The lowest BCUT2D eigenvalue weighted by Crippen LogP contribution is -2.47. The number of morpholine rings is 1. The van der Waals surface area contributed by atoms with Gasteiger partial charge in [-0.15, -0.1) is 0 Å². The van der Waals surface area contributed by atoms with Crippen LogP contribution >= 0.6 is 0 Å². The van der Waals surface area contributed by atoms with Crippen molar-refractivity contribution in [3.63, 3.8) is 0 Å². The fraction of sp³-hybridized carbons (Fsp3) is 1.00. The Morgan fingerprint density at radius 3 is 2.95 bits per heavy atom. The fourth-order valence-corrected chi connectivity index (χ4v) is 2.16. The van der Waals surface area contributed by atoms with E-state index in [1.54, 1.807) is 0 Å². The van der Waals surface area contributed by atoms with Crippen LogP contribution in [-0.2, 0) is 9.47 Å². The standard InChI is InChI=1S/C15H32N2O2/c1-4-6-16-12-15-13-17(8-11-19-15)7-10-18-9-5-14(2)3/h14-16H,4-13H2,1-3H3/t15-/m1/s1. The second-order valence-electron chi connectivity index (χ2n) is 5.79. The van der Waals surface area contributed by atoms with Gasteiger partial charge in [0.25, 0.3) is 0 Å². The van der Waals surface area contributed by atoms with Crippen LogP contribution in [0.5, 0.6) is 0 Å². The maximum absolute atomic E-state index is 5.77. The Bertz CT molecular complexity index is 212. The zero-order valence-corrected chi connectivity index (χ0v) is 13.0. The average molecular weight is 272 g/mol. The molecule has 0 aromatic heterocycles. The van der Waals surface area contributed by atoms with Gasteiger partial charge in [0.15, 0.2) is 0 Å². The predicted molar refractivity (Wildman–Crippen MR) is 79.6 cm³/mol. The first-order valence-electron chi connectivity index (χ1n) is 7.84. The van der Waals surface area contributed by atoms with Gasteiger partial charge in [-0.05, 0) is 25.3 Å². The first-order valence-corrected chi connectivity index (χ1v) is 7.84. The second kappa shape index (κ2) is 10.6. The molecule has 4 heteroatoms. The molecule has 1 saturated heterocycles. The molecule has 1 fully saturated rings. The molecule has 1 atom stereocenters. The van der Waals surface area contributed by atoms with Gasteiger partial charge in [0.2, 0.25) is 0 Å². The summed E-state index contributed by atoms with van der Waals surface area (Å²) in [5.74, 6) is 0.734. The molecular weight excluding hydrogens is 240 g/mol. The van der Waals surface area contributed by atoms with Crippen LogP contribution in [0.1, 0.15) is 33.6 Å². The summed E-state index contributed by atoms with van der Waals surface area (Å²) in [5, 5.41) is 3.43. The zero-order valence-electron chi connectivity index (χ0n) is 13.0. The van der Waals surface area contributed by atoms with Gasteiger partial charge in [0.05, 0.1) is 19.3 Å². The first-order chi connectivity index (χ1) is 9.22. The lowest BCUT2D eigenvalue weighted by molar-refractivity contribution is -0.0350. The summed E-state index contributed by atoms with van der Waals surface area (Å²) >= 11 is 0. The van der Waals surface area contributed by atoms with Gasteiger partial charge in [-0.25, -0.2) is 0 Å². The monoisotopic (exact) mass is 272 g/mol. The van der Waals surface area contributed by atoms with Crippen molar-refractivity contribution >= 4 is 0 Å². The minimum atomic E-state index is 0.343. The highest BCUT2D eigenvalue weighted by Crippen LogP contribution is 2.04. The summed E-state index contributed by atoms with van der Waals surface area (Å²) in [7, 11) is 0. The Hall–Kier alpha value is -0.160. The van der Waals surface area contributed by atoms with E-state index in [-0.39, 0.29) is 0 Å². The lowest BCUT2D eigenvalue weighted by Gasteiger charge is -2.33. The Labute approximate surface area is 118 Å². The summed E-state index contributed by atoms with van der Waals surface area (Å²) in [6, 6.07) is 0. The lowest BCUT2D eigenvalue weighted by atomic mass is 10.1. The molecule has 1 aliphatic rings. The van der Waals surface area contributed by atoms with E-state index in [1.165, 1.54) is 6.42 Å². The van der Waals surface area contributed by atoms with E-state index in [1.807, 2.05) is 0 Å². The molecule has 0 radical (unpaired) electrons. The average Bonchev–Trinajstić information content (AvgIpc) is 2.39. The number of ether oxygens (including phenoxy) is 2. The van der Waals surface area contributed by atoms with E-state index in [0.717, 1.165) is 64.9 Å². The highest BCUT2D eigenvalue weighted by Gasteiger charge is 2.19. The Kier molecular flexibility index (Phi) is 9.43. The van der Waals surface area contributed by atoms with Crippen molar-refractivity contribution in [2.45, 2.75) is 39.7 Å². The summed E-state index contributed by atoms with van der Waals surface area (Å²) in [6.07, 6.45) is 2.68. The van der Waals surface area contributed by atoms with Crippen LogP contribution in [0.2, 0.25) is 0 Å². The van der Waals surface area contributed by atoms with Gasteiger partial charge in [-0.3, -0.25) is 4.90 Å². The summed E-state index contributed by atoms with van der Waals surface area (Å²) in [5.41, 5.74) is 0. The van der Waals surface area contributed by atoms with Crippen molar-refractivity contribution in [2.24, 2.45) is 5.92 Å². The molecular formula is C15H32N2O2. The third kappa shape index (κ3) is 8.58. The molecule has 4 nitrogen and oxygen atoms in total. The predicted octanol–water partition coefficient (Wildman–Crippen LogP) is 1.75. The van der Waals surface area contributed by atoms with Crippen LogP contribution in [0.25, 0.3) is 0 Å². The minimum absolute atomic E-state index is 0.343. The number of rotatable bonds is 10. The van der Waals surface area contributed by atoms with Crippen LogP contribution < -0.4 is 5.32 Å². The Morgan fingerprint density at radius 2 is 2.21 bits per heavy atom. The largest absolute Gasteiger partial charge is 0.380 e. The van der Waals surface area contributed by atoms with Gasteiger partial charge in [-0.2, -0.15) is 0 Å². The molecule has 1 N–H and O–H groups in total. The third-order valence-electron chi connectivity index (χ3n) is 3.41. The second-order valence-corrected chi connectivity index (χ2v) is 5.79. The number of hydrogen-bond donors (Lipinski definition) is 1. The maximum atomic E-state index is 5.77. The number of nitrogens with zero attached hydrogens (tertiary/aromatic N) is 1. The van der Waals surface area contributed by atoms with Crippen LogP contribution in [-0.4, -0.2) is 63.5 Å². The molecule has 0 spiro atoms. The third-order valence-corrected chi connectivity index (χ3v) is 3.41. The van der Waals surface area contributed by atoms with Crippen molar-refractivity contribution in [3.05, 3.63) is 0 Å². The Morgan fingerprint density at radius 1 is 1.37 bits per heavy atom. The van der Waals surface area contributed by atoms with E-state index in [4.69, 9.17) is 9.47 Å². The van der Waals surface area contributed by atoms with Gasteiger partial charge in [0.1, 0.15) is 0 Å². The molecule has 0 saturated carbocycles. The van der Waals surface area contributed by atoms with Gasteiger partial charge in [0, 0.05) is 32.8 Å². The fourth-order valence-electron chi connectivity index (χ4n) is 2.16. The van der Waals surface area contributed by atoms with E-state index in [0.29, 0.717) is 6.10 Å². The number of nitrogens with one attached hydrogen (secondary N) is 1. The van der Waals surface area contributed by atoms with Crippen molar-refractivity contribution in [1.82, 2.24) is 10.2 Å². The highest BCUT2D eigenvalue weighted by atomic mass is 16.5. The van der Waals surface area contributed by atoms with E-state index in [2.05, 4.69) is 31.0 Å². The van der Waals surface area contributed by atoms with Crippen molar-refractivity contribution < 1.29 is 9.47 Å². The minimum Gasteiger partial charge on any atom is -0.380 e. The zero-order chi connectivity index (χ0) is 13.9. The van der Waals surface area contributed by atoms with Crippen molar-refractivity contribution in [1.29, 1.82) is 0 Å². The van der Waals surface area contributed by atoms with Crippen LogP contribution in [0.15, 0.2) is 0 Å². The smallest absolute Gasteiger partial charge is 0.0826 e. The SMILES string of the molecule is CCCNC[C@@H]1CN(CCOCCC(C)C)CCO1. The normalized spacial score (nSPS) is 21.2. The van der Waals surface area contributed by atoms with Gasteiger partial charge in [-0.1, -0.05) is 20.8 Å². The molecule has 0 bridgehead atoms. The van der Waals surface area contributed by atoms with Crippen molar-refractivity contribution in [3.8, 4) is 0 Å². The summed E-state index contributed by atoms with van der Waals surface area (Å²) in [4.78, 5) is 2.46. The van der Waals surface area contributed by atoms with E-state index in [9.17, 15) is 0 Å². The molecule has 0 aromatic rings. The summed E-state index contributed by atoms with van der Waals surface area (Å²) in [6.45, 7) is 14.4. The van der Waals surface area contributed by atoms with Gasteiger partial charge >= 0.3 is 0 Å². The van der Waals surface area contributed by atoms with Gasteiger partial charge < -0.3 is 14.8 Å². The summed E-state index contributed by atoms with van der Waals surface area (Å²) < 4.78 is 11.5. The molecule has 0 unspecified atom stereocenters. The van der Waals surface area contributed by atoms with E-state index >= 15 is 0 Å². The maximum Gasteiger partial charge on any atom is 0.0826 e. The van der Waals surface area contributed by atoms with Crippen LogP contribution in [0.3, 0.4) is 0 Å². The van der Waals surface area contributed by atoms with E-state index < -0.39 is 0 Å². The molecule has 1 aliphatic heterocycles. The highest BCUT2D eigenvalue weighted by molar-refractivity contribution is 4.73. The number of hydrogen-bond acceptors (Lipinski definition) is 4. The van der Waals surface area contributed by atoms with Crippen LogP contribution in [0, 0.1) is 5.92 Å². The van der Waals surface area contributed by atoms with Crippen LogP contribution in [0.4, 0.5) is 0 Å². The molecule has 19 heavy (non-hydrogen) atoms. The molecule has 0 aliphatic carbocycles. The quantitative estimate of drug-likeness (QED) is 0.614. The Balaban J connectivity index is 2.03. The van der Waals surface area contributed by atoms with Crippen molar-refractivity contribution in [2.75, 3.05) is 52.5 Å². The topological polar surface area (TPSA) is 33.7 Å². The molecule has 0 aromatic carbocycles. The first kappa shape index (κ1) is 16.9.